The number of phenols is 1. The summed E-state index contributed by atoms with van der Waals surface area (Å²) >= 11 is 0. The summed E-state index contributed by atoms with van der Waals surface area (Å²) in [6.07, 6.45) is 0.718. The summed E-state index contributed by atoms with van der Waals surface area (Å²) < 4.78 is 5.27. The Morgan fingerprint density at radius 1 is 1.06 bits per heavy atom. The molecular weight excluding hydrogens is 212 g/mol. The van der Waals surface area contributed by atoms with Gasteiger partial charge in [0, 0.05) is 12.0 Å². The molecule has 0 saturated heterocycles. The van der Waals surface area contributed by atoms with E-state index < -0.39 is 0 Å². The van der Waals surface area contributed by atoms with Crippen molar-refractivity contribution in [2.24, 2.45) is 0 Å². The SMILES string of the molecule is COc1ccc(O)c(Cc2ccccc2)c1C. The van der Waals surface area contributed by atoms with Gasteiger partial charge in [0.25, 0.3) is 0 Å². The number of hydrogen-bond donors (Lipinski definition) is 1. The lowest BCUT2D eigenvalue weighted by molar-refractivity contribution is 0.407. The summed E-state index contributed by atoms with van der Waals surface area (Å²) in [5, 5.41) is 9.92. The number of phenolic OH excluding ortho intramolecular Hbond substituents is 1. The van der Waals surface area contributed by atoms with Gasteiger partial charge in [-0.05, 0) is 30.2 Å². The van der Waals surface area contributed by atoms with Crippen LogP contribution in [-0.4, -0.2) is 12.2 Å². The Morgan fingerprint density at radius 2 is 1.76 bits per heavy atom. The summed E-state index contributed by atoms with van der Waals surface area (Å²) in [5.41, 5.74) is 3.10. The fourth-order valence-corrected chi connectivity index (χ4v) is 1.97. The molecule has 0 aliphatic carbocycles. The van der Waals surface area contributed by atoms with Gasteiger partial charge in [0.05, 0.1) is 7.11 Å². The normalized spacial score (nSPS) is 10.2. The van der Waals surface area contributed by atoms with Gasteiger partial charge >= 0.3 is 0 Å². The van der Waals surface area contributed by atoms with Gasteiger partial charge in [-0.1, -0.05) is 30.3 Å². The van der Waals surface area contributed by atoms with E-state index in [9.17, 15) is 5.11 Å². The van der Waals surface area contributed by atoms with Gasteiger partial charge in [0.1, 0.15) is 11.5 Å². The molecule has 0 aromatic heterocycles. The third-order valence-corrected chi connectivity index (χ3v) is 2.97. The molecule has 0 spiro atoms. The van der Waals surface area contributed by atoms with Gasteiger partial charge in [0.15, 0.2) is 0 Å². The molecule has 2 rings (SSSR count). The summed E-state index contributed by atoms with van der Waals surface area (Å²) in [6.45, 7) is 1.97. The van der Waals surface area contributed by atoms with Crippen molar-refractivity contribution in [3.8, 4) is 11.5 Å². The summed E-state index contributed by atoms with van der Waals surface area (Å²) in [6, 6.07) is 13.6. The van der Waals surface area contributed by atoms with Crippen molar-refractivity contribution >= 4 is 0 Å². The second-order valence-corrected chi connectivity index (χ2v) is 4.05. The molecule has 17 heavy (non-hydrogen) atoms. The molecule has 2 aromatic carbocycles. The molecule has 0 saturated carbocycles. The van der Waals surface area contributed by atoms with Crippen molar-refractivity contribution in [1.29, 1.82) is 0 Å². The van der Waals surface area contributed by atoms with Crippen LogP contribution in [0.4, 0.5) is 0 Å². The smallest absolute Gasteiger partial charge is 0.122 e. The van der Waals surface area contributed by atoms with Crippen LogP contribution in [0.2, 0.25) is 0 Å². The lowest BCUT2D eigenvalue weighted by Crippen LogP contribution is -1.96. The van der Waals surface area contributed by atoms with E-state index in [2.05, 4.69) is 12.1 Å². The molecule has 0 radical (unpaired) electrons. The monoisotopic (exact) mass is 228 g/mol. The summed E-state index contributed by atoms with van der Waals surface area (Å²) in [7, 11) is 1.64. The Bertz CT molecular complexity index is 504. The summed E-state index contributed by atoms with van der Waals surface area (Å²) in [4.78, 5) is 0. The van der Waals surface area contributed by atoms with E-state index in [1.54, 1.807) is 19.2 Å². The molecule has 0 bridgehead atoms. The van der Waals surface area contributed by atoms with E-state index in [1.807, 2.05) is 25.1 Å². The Kier molecular flexibility index (Phi) is 3.33. The fourth-order valence-electron chi connectivity index (χ4n) is 1.97. The third kappa shape index (κ3) is 2.41. The van der Waals surface area contributed by atoms with E-state index in [-0.39, 0.29) is 0 Å². The molecule has 2 nitrogen and oxygen atoms in total. The highest BCUT2D eigenvalue weighted by molar-refractivity contribution is 5.49. The second kappa shape index (κ2) is 4.91. The van der Waals surface area contributed by atoms with Gasteiger partial charge in [-0.25, -0.2) is 0 Å². The predicted molar refractivity (Wildman–Crippen MR) is 68.6 cm³/mol. The van der Waals surface area contributed by atoms with Gasteiger partial charge in [0.2, 0.25) is 0 Å². The van der Waals surface area contributed by atoms with Crippen LogP contribution in [0.15, 0.2) is 42.5 Å². The Morgan fingerprint density at radius 3 is 2.41 bits per heavy atom. The lowest BCUT2D eigenvalue weighted by atomic mass is 9.99. The van der Waals surface area contributed by atoms with Crippen LogP contribution in [0.25, 0.3) is 0 Å². The highest BCUT2D eigenvalue weighted by atomic mass is 16.5. The van der Waals surface area contributed by atoms with Crippen LogP contribution >= 0.6 is 0 Å². The number of ether oxygens (including phenoxy) is 1. The van der Waals surface area contributed by atoms with E-state index >= 15 is 0 Å². The van der Waals surface area contributed by atoms with Crippen molar-refractivity contribution in [3.05, 3.63) is 59.2 Å². The molecule has 1 N–H and O–H groups in total. The highest BCUT2D eigenvalue weighted by Crippen LogP contribution is 2.30. The Hall–Kier alpha value is -1.96. The first-order valence-corrected chi connectivity index (χ1v) is 5.61. The molecule has 88 valence electrons. The Balaban J connectivity index is 2.38. The van der Waals surface area contributed by atoms with Crippen molar-refractivity contribution in [2.75, 3.05) is 7.11 Å². The van der Waals surface area contributed by atoms with Crippen LogP contribution in [0.1, 0.15) is 16.7 Å². The zero-order valence-electron chi connectivity index (χ0n) is 10.1. The number of aromatic hydroxyl groups is 1. The first-order valence-electron chi connectivity index (χ1n) is 5.61. The highest BCUT2D eigenvalue weighted by Gasteiger charge is 2.10. The van der Waals surface area contributed by atoms with Crippen LogP contribution in [0.5, 0.6) is 11.5 Å². The first-order chi connectivity index (χ1) is 8.22. The average molecular weight is 228 g/mol. The van der Waals surface area contributed by atoms with Crippen molar-refractivity contribution < 1.29 is 9.84 Å². The van der Waals surface area contributed by atoms with Crippen LogP contribution < -0.4 is 4.74 Å². The maximum atomic E-state index is 9.92. The zero-order valence-corrected chi connectivity index (χ0v) is 10.1. The maximum Gasteiger partial charge on any atom is 0.122 e. The van der Waals surface area contributed by atoms with Gasteiger partial charge < -0.3 is 9.84 Å². The largest absolute Gasteiger partial charge is 0.508 e. The minimum atomic E-state index is 0.326. The predicted octanol–water partition coefficient (Wildman–Crippen LogP) is 3.30. The molecular formula is C15H16O2. The van der Waals surface area contributed by atoms with Crippen LogP contribution in [0, 0.1) is 6.92 Å². The van der Waals surface area contributed by atoms with Gasteiger partial charge in [-0.2, -0.15) is 0 Å². The number of benzene rings is 2. The van der Waals surface area contributed by atoms with E-state index in [0.717, 1.165) is 23.3 Å². The number of methoxy groups -OCH3 is 1. The molecule has 0 amide bonds. The van der Waals surface area contributed by atoms with Crippen molar-refractivity contribution in [3.63, 3.8) is 0 Å². The molecule has 0 heterocycles. The van der Waals surface area contributed by atoms with E-state index in [1.165, 1.54) is 5.56 Å². The number of rotatable bonds is 3. The maximum absolute atomic E-state index is 9.92. The van der Waals surface area contributed by atoms with Crippen LogP contribution in [0.3, 0.4) is 0 Å². The molecule has 2 heteroatoms. The summed E-state index contributed by atoms with van der Waals surface area (Å²) in [5.74, 6) is 1.14. The zero-order chi connectivity index (χ0) is 12.3. The minimum Gasteiger partial charge on any atom is -0.508 e. The van der Waals surface area contributed by atoms with Gasteiger partial charge in [-0.15, -0.1) is 0 Å². The molecule has 0 aliphatic rings. The van der Waals surface area contributed by atoms with Crippen molar-refractivity contribution in [1.82, 2.24) is 0 Å². The first kappa shape index (κ1) is 11.5. The molecule has 0 unspecified atom stereocenters. The fraction of sp³-hybridized carbons (Fsp3) is 0.200. The minimum absolute atomic E-state index is 0.326. The standard InChI is InChI=1S/C15H16O2/c1-11-13(10-12-6-4-3-5-7-12)14(16)8-9-15(11)17-2/h3-9,16H,10H2,1-2H3. The third-order valence-electron chi connectivity index (χ3n) is 2.97. The van der Waals surface area contributed by atoms with Gasteiger partial charge in [-0.3, -0.25) is 0 Å². The molecule has 0 aliphatic heterocycles. The molecule has 2 aromatic rings. The van der Waals surface area contributed by atoms with Crippen molar-refractivity contribution in [2.45, 2.75) is 13.3 Å². The Labute approximate surface area is 101 Å². The second-order valence-electron chi connectivity index (χ2n) is 4.05. The van der Waals surface area contributed by atoms with E-state index in [4.69, 9.17) is 4.74 Å². The van der Waals surface area contributed by atoms with E-state index in [0.29, 0.717) is 5.75 Å². The number of hydrogen-bond acceptors (Lipinski definition) is 2. The lowest BCUT2D eigenvalue weighted by Gasteiger charge is -2.12. The molecule has 0 fully saturated rings. The topological polar surface area (TPSA) is 29.5 Å². The van der Waals surface area contributed by atoms with Crippen LogP contribution in [-0.2, 0) is 6.42 Å². The quantitative estimate of drug-likeness (QED) is 0.873. The average Bonchev–Trinajstić information content (AvgIpc) is 2.36. The molecule has 0 atom stereocenters.